The molecule has 1 amide bonds. The number of sulfonamides is 1. The van der Waals surface area contributed by atoms with Crippen molar-refractivity contribution in [2.75, 3.05) is 38.7 Å². The molecule has 11 heteroatoms. The lowest BCUT2D eigenvalue weighted by atomic mass is 10.1. The minimum Gasteiger partial charge on any atom is -0.495 e. The molecular weight excluding hydrogens is 426 g/mol. The third-order valence-electron chi connectivity index (χ3n) is 5.52. The molecular formula is C20H25N3O7S. The van der Waals surface area contributed by atoms with Gasteiger partial charge >= 0.3 is 0 Å². The summed E-state index contributed by atoms with van der Waals surface area (Å²) in [7, 11) is -2.43. The van der Waals surface area contributed by atoms with E-state index in [1.54, 1.807) is 19.1 Å². The van der Waals surface area contributed by atoms with E-state index in [1.807, 2.05) is 0 Å². The van der Waals surface area contributed by atoms with Gasteiger partial charge in [-0.15, -0.1) is 0 Å². The Bertz CT molecular complexity index is 1080. The van der Waals surface area contributed by atoms with Crippen LogP contribution < -0.4 is 10.1 Å². The average molecular weight is 452 g/mol. The van der Waals surface area contributed by atoms with Crippen molar-refractivity contribution in [3.05, 3.63) is 23.9 Å². The fourth-order valence-corrected chi connectivity index (χ4v) is 5.60. The van der Waals surface area contributed by atoms with Crippen LogP contribution in [-0.2, 0) is 24.3 Å². The number of piperidine rings is 1. The topological polar surface area (TPSA) is 120 Å². The molecule has 0 saturated carbocycles. The van der Waals surface area contributed by atoms with E-state index in [1.165, 1.54) is 24.4 Å². The van der Waals surface area contributed by atoms with Crippen molar-refractivity contribution in [2.24, 2.45) is 0 Å². The number of amides is 1. The summed E-state index contributed by atoms with van der Waals surface area (Å²) in [4.78, 5) is 11.5. The van der Waals surface area contributed by atoms with Gasteiger partial charge in [-0.2, -0.15) is 4.31 Å². The predicted octanol–water partition coefficient (Wildman–Crippen LogP) is 2.14. The predicted molar refractivity (Wildman–Crippen MR) is 110 cm³/mol. The van der Waals surface area contributed by atoms with Crippen LogP contribution in [0.15, 0.2) is 27.6 Å². The number of nitrogens with one attached hydrogen (secondary N) is 1. The molecule has 0 bridgehead atoms. The van der Waals surface area contributed by atoms with Gasteiger partial charge in [0.15, 0.2) is 5.79 Å². The molecule has 168 valence electrons. The Morgan fingerprint density at radius 2 is 1.90 bits per heavy atom. The Morgan fingerprint density at radius 1 is 1.23 bits per heavy atom. The summed E-state index contributed by atoms with van der Waals surface area (Å²) in [6.07, 6.45) is 0.928. The first-order valence-corrected chi connectivity index (χ1v) is 11.4. The van der Waals surface area contributed by atoms with E-state index in [-0.39, 0.29) is 35.5 Å². The van der Waals surface area contributed by atoms with E-state index in [2.05, 4.69) is 10.5 Å². The molecule has 0 radical (unpaired) electrons. The summed E-state index contributed by atoms with van der Waals surface area (Å²) in [6.45, 7) is 4.67. The zero-order chi connectivity index (χ0) is 22.2. The van der Waals surface area contributed by atoms with E-state index in [0.29, 0.717) is 42.9 Å². The third-order valence-corrected chi connectivity index (χ3v) is 7.44. The molecule has 0 unspecified atom stereocenters. The van der Waals surface area contributed by atoms with Gasteiger partial charge in [0.05, 0.1) is 31.6 Å². The molecule has 2 aliphatic rings. The molecule has 4 rings (SSSR count). The van der Waals surface area contributed by atoms with Crippen molar-refractivity contribution in [3.63, 3.8) is 0 Å². The van der Waals surface area contributed by atoms with Gasteiger partial charge < -0.3 is 18.7 Å². The van der Waals surface area contributed by atoms with Crippen molar-refractivity contribution in [3.8, 4) is 16.9 Å². The number of hydrogen-bond acceptors (Lipinski definition) is 8. The summed E-state index contributed by atoms with van der Waals surface area (Å²) >= 11 is 0. The Kier molecular flexibility index (Phi) is 5.77. The molecule has 2 saturated heterocycles. The van der Waals surface area contributed by atoms with Gasteiger partial charge in [0, 0.05) is 32.9 Å². The van der Waals surface area contributed by atoms with Crippen LogP contribution in [-0.4, -0.2) is 63.0 Å². The van der Waals surface area contributed by atoms with Crippen LogP contribution in [0.5, 0.6) is 5.75 Å². The Labute approximate surface area is 180 Å². The van der Waals surface area contributed by atoms with Gasteiger partial charge in [-0.25, -0.2) is 8.42 Å². The quantitative estimate of drug-likeness (QED) is 0.734. The van der Waals surface area contributed by atoms with E-state index >= 15 is 0 Å². The van der Waals surface area contributed by atoms with Crippen LogP contribution in [0.25, 0.3) is 11.1 Å². The van der Waals surface area contributed by atoms with Crippen LogP contribution in [0.2, 0.25) is 0 Å². The minimum absolute atomic E-state index is 0.0334. The number of aromatic nitrogens is 1. The maximum atomic E-state index is 13.5. The second kappa shape index (κ2) is 8.23. The summed E-state index contributed by atoms with van der Waals surface area (Å²) in [5.74, 6) is -0.607. The summed E-state index contributed by atoms with van der Waals surface area (Å²) < 4.78 is 50.4. The van der Waals surface area contributed by atoms with Crippen LogP contribution in [0.3, 0.4) is 0 Å². The highest BCUT2D eigenvalue weighted by Gasteiger charge is 2.43. The summed E-state index contributed by atoms with van der Waals surface area (Å²) in [6, 6.07) is 4.81. The number of aryl methyl sites for hydroxylation is 1. The Hall–Kier alpha value is -2.47. The lowest BCUT2D eigenvalue weighted by molar-refractivity contribution is -0.179. The fraction of sp³-hybridized carbons (Fsp3) is 0.500. The maximum absolute atomic E-state index is 13.5. The first-order valence-electron chi connectivity index (χ1n) is 9.96. The van der Waals surface area contributed by atoms with E-state index in [0.717, 1.165) is 0 Å². The highest BCUT2D eigenvalue weighted by Crippen LogP contribution is 2.38. The third kappa shape index (κ3) is 4.05. The fourth-order valence-electron chi connectivity index (χ4n) is 3.98. The van der Waals surface area contributed by atoms with Gasteiger partial charge in [-0.1, -0.05) is 11.2 Å². The second-order valence-corrected chi connectivity index (χ2v) is 9.44. The van der Waals surface area contributed by atoms with Crippen molar-refractivity contribution in [2.45, 2.75) is 37.4 Å². The van der Waals surface area contributed by atoms with Gasteiger partial charge in [-0.05, 0) is 24.6 Å². The lowest BCUT2D eigenvalue weighted by Crippen LogP contribution is -2.47. The summed E-state index contributed by atoms with van der Waals surface area (Å²) in [5.41, 5.74) is 1.57. The van der Waals surface area contributed by atoms with Crippen LogP contribution in [0.4, 0.5) is 5.88 Å². The number of carbonyl (C=O) groups is 1. The van der Waals surface area contributed by atoms with Gasteiger partial charge in [0.25, 0.3) is 0 Å². The molecule has 1 spiro atoms. The smallest absolute Gasteiger partial charge is 0.246 e. The zero-order valence-electron chi connectivity index (χ0n) is 17.6. The second-order valence-electron chi connectivity index (χ2n) is 7.53. The number of anilines is 1. The molecule has 31 heavy (non-hydrogen) atoms. The van der Waals surface area contributed by atoms with Gasteiger partial charge in [-0.3, -0.25) is 10.1 Å². The first kappa shape index (κ1) is 21.8. The standard InChI is InChI=1S/C20H25N3O7S/c1-13-18(19(30-22-13)21-14(2)24)15-4-5-16(27-3)17(12-15)31(25,26)23-8-6-20(7-9-23)28-10-11-29-20/h4-5,12H,6-11H2,1-3H3,(H,21,24). The molecule has 0 atom stereocenters. The van der Waals surface area contributed by atoms with Crippen molar-refractivity contribution in [1.29, 1.82) is 0 Å². The Morgan fingerprint density at radius 3 is 2.52 bits per heavy atom. The van der Waals surface area contributed by atoms with Crippen LogP contribution in [0.1, 0.15) is 25.5 Å². The monoisotopic (exact) mass is 451 g/mol. The molecule has 1 aromatic carbocycles. The van der Waals surface area contributed by atoms with Gasteiger partial charge in [0.2, 0.25) is 21.8 Å². The highest BCUT2D eigenvalue weighted by atomic mass is 32.2. The first-order chi connectivity index (χ1) is 14.8. The number of hydrogen-bond donors (Lipinski definition) is 1. The van der Waals surface area contributed by atoms with Crippen molar-refractivity contribution >= 4 is 21.8 Å². The maximum Gasteiger partial charge on any atom is 0.246 e. The SMILES string of the molecule is COc1ccc(-c2c(C)noc2NC(C)=O)cc1S(=O)(=O)N1CCC2(CC1)OCCO2. The van der Waals surface area contributed by atoms with E-state index < -0.39 is 15.8 Å². The molecule has 10 nitrogen and oxygen atoms in total. The van der Waals surface area contributed by atoms with Crippen LogP contribution in [0, 0.1) is 6.92 Å². The minimum atomic E-state index is -3.85. The van der Waals surface area contributed by atoms with E-state index in [9.17, 15) is 13.2 Å². The highest BCUT2D eigenvalue weighted by molar-refractivity contribution is 7.89. The zero-order valence-corrected chi connectivity index (χ0v) is 18.5. The number of benzene rings is 1. The normalized spacial score (nSPS) is 18.9. The van der Waals surface area contributed by atoms with Gasteiger partial charge in [0.1, 0.15) is 10.6 Å². The number of rotatable bonds is 5. The number of ether oxygens (including phenoxy) is 3. The largest absolute Gasteiger partial charge is 0.495 e. The molecule has 2 fully saturated rings. The number of nitrogens with zero attached hydrogens (tertiary/aromatic N) is 2. The Balaban J connectivity index is 1.69. The summed E-state index contributed by atoms with van der Waals surface area (Å²) in [5, 5.41) is 6.49. The van der Waals surface area contributed by atoms with Crippen molar-refractivity contribution in [1.82, 2.24) is 9.46 Å². The molecule has 3 heterocycles. The average Bonchev–Trinajstić information content (AvgIpc) is 3.34. The molecule has 1 N–H and O–H groups in total. The molecule has 2 aliphatic heterocycles. The van der Waals surface area contributed by atoms with E-state index in [4.69, 9.17) is 18.7 Å². The van der Waals surface area contributed by atoms with Crippen molar-refractivity contribution < 1.29 is 31.9 Å². The molecule has 2 aromatic rings. The number of carbonyl (C=O) groups excluding carboxylic acids is 1. The van der Waals surface area contributed by atoms with Crippen LogP contribution >= 0.6 is 0 Å². The molecule has 0 aliphatic carbocycles. The lowest BCUT2D eigenvalue weighted by Gasteiger charge is -2.37. The molecule has 1 aromatic heterocycles. The number of methoxy groups -OCH3 is 1.